The van der Waals surface area contributed by atoms with Crippen molar-refractivity contribution >= 4 is 0 Å². The fourth-order valence-corrected chi connectivity index (χ4v) is 3.33. The molecule has 1 unspecified atom stereocenters. The van der Waals surface area contributed by atoms with Gasteiger partial charge in [0.25, 0.3) is 0 Å². The lowest BCUT2D eigenvalue weighted by Crippen LogP contribution is -2.41. The molecule has 1 N–H and O–H groups in total. The van der Waals surface area contributed by atoms with Crippen LogP contribution in [0.1, 0.15) is 46.5 Å². The van der Waals surface area contributed by atoms with Crippen LogP contribution in [-0.2, 0) is 4.74 Å². The first-order chi connectivity index (χ1) is 9.05. The van der Waals surface area contributed by atoms with E-state index in [0.717, 1.165) is 25.6 Å². The van der Waals surface area contributed by atoms with Gasteiger partial charge in [-0.2, -0.15) is 0 Å². The molecule has 2 heterocycles. The highest BCUT2D eigenvalue weighted by Gasteiger charge is 2.28. The molecule has 0 aromatic carbocycles. The summed E-state index contributed by atoms with van der Waals surface area (Å²) in [6.07, 6.45) is 5.70. The molecule has 0 amide bonds. The Balaban J connectivity index is 1.53. The maximum absolute atomic E-state index is 5.62. The molecule has 0 saturated carbocycles. The molecule has 0 aromatic heterocycles. The van der Waals surface area contributed by atoms with Gasteiger partial charge in [-0.25, -0.2) is 0 Å². The van der Waals surface area contributed by atoms with Gasteiger partial charge >= 0.3 is 0 Å². The summed E-state index contributed by atoms with van der Waals surface area (Å²) in [5.74, 6) is 0.906. The molecule has 0 spiro atoms. The minimum Gasteiger partial charge on any atom is -0.377 e. The van der Waals surface area contributed by atoms with Crippen LogP contribution >= 0.6 is 0 Å². The van der Waals surface area contributed by atoms with Gasteiger partial charge < -0.3 is 15.0 Å². The second-order valence-electron chi connectivity index (χ2n) is 7.32. The van der Waals surface area contributed by atoms with Gasteiger partial charge in [0.15, 0.2) is 0 Å². The Morgan fingerprint density at radius 1 is 1.16 bits per heavy atom. The summed E-state index contributed by atoms with van der Waals surface area (Å²) in [6.45, 7) is 14.0. The fraction of sp³-hybridized carbons (Fsp3) is 1.00. The fourth-order valence-electron chi connectivity index (χ4n) is 3.33. The summed E-state index contributed by atoms with van der Waals surface area (Å²) in [7, 11) is 0. The minimum atomic E-state index is 0.478. The lowest BCUT2D eigenvalue weighted by Gasteiger charge is -2.38. The van der Waals surface area contributed by atoms with Crippen LogP contribution in [0.15, 0.2) is 0 Å². The number of piperidine rings is 1. The zero-order valence-electron chi connectivity index (χ0n) is 13.1. The zero-order chi connectivity index (χ0) is 13.7. The molecule has 2 rings (SSSR count). The van der Waals surface area contributed by atoms with E-state index in [9.17, 15) is 0 Å². The van der Waals surface area contributed by atoms with Crippen molar-refractivity contribution in [2.75, 3.05) is 39.3 Å². The Morgan fingerprint density at radius 2 is 1.89 bits per heavy atom. The van der Waals surface area contributed by atoms with E-state index in [1.54, 1.807) is 0 Å². The molecule has 0 aliphatic carbocycles. The van der Waals surface area contributed by atoms with Crippen molar-refractivity contribution in [3.8, 4) is 0 Å². The molecular weight excluding hydrogens is 236 g/mol. The summed E-state index contributed by atoms with van der Waals surface area (Å²) in [5.41, 5.74) is 0.490. The molecular formula is C16H32N2O. The molecule has 2 aliphatic heterocycles. The van der Waals surface area contributed by atoms with Crippen molar-refractivity contribution in [1.29, 1.82) is 0 Å². The summed E-state index contributed by atoms with van der Waals surface area (Å²) < 4.78 is 5.62. The van der Waals surface area contributed by atoms with Crippen LogP contribution in [0.4, 0.5) is 0 Å². The van der Waals surface area contributed by atoms with Gasteiger partial charge in [0.2, 0.25) is 0 Å². The molecule has 3 nitrogen and oxygen atoms in total. The molecule has 19 heavy (non-hydrogen) atoms. The normalized spacial score (nSPS) is 27.0. The summed E-state index contributed by atoms with van der Waals surface area (Å²) in [6, 6.07) is 0. The van der Waals surface area contributed by atoms with E-state index in [-0.39, 0.29) is 0 Å². The number of ether oxygens (including phenoxy) is 1. The molecule has 0 radical (unpaired) electrons. The minimum absolute atomic E-state index is 0.478. The van der Waals surface area contributed by atoms with Crippen LogP contribution in [0.5, 0.6) is 0 Å². The Bertz CT molecular complexity index is 248. The smallest absolute Gasteiger partial charge is 0.0700 e. The predicted molar refractivity (Wildman–Crippen MR) is 80.5 cm³/mol. The third-order valence-electron chi connectivity index (χ3n) is 4.81. The van der Waals surface area contributed by atoms with Crippen LogP contribution < -0.4 is 5.32 Å². The third kappa shape index (κ3) is 5.05. The lowest BCUT2D eigenvalue weighted by molar-refractivity contribution is 0.102. The van der Waals surface area contributed by atoms with Crippen molar-refractivity contribution in [2.24, 2.45) is 11.3 Å². The Hall–Kier alpha value is -0.120. The van der Waals surface area contributed by atoms with Crippen LogP contribution in [0, 0.1) is 11.3 Å². The van der Waals surface area contributed by atoms with Crippen molar-refractivity contribution < 1.29 is 4.74 Å². The molecule has 2 fully saturated rings. The highest BCUT2D eigenvalue weighted by atomic mass is 16.5. The maximum Gasteiger partial charge on any atom is 0.0700 e. The lowest BCUT2D eigenvalue weighted by atomic mass is 9.75. The number of hydrogen-bond donors (Lipinski definition) is 1. The zero-order valence-corrected chi connectivity index (χ0v) is 13.1. The predicted octanol–water partition coefficient (Wildman–Crippen LogP) is 2.51. The van der Waals surface area contributed by atoms with Gasteiger partial charge in [0.1, 0.15) is 0 Å². The van der Waals surface area contributed by atoms with Gasteiger partial charge in [-0.1, -0.05) is 20.8 Å². The van der Waals surface area contributed by atoms with E-state index >= 15 is 0 Å². The summed E-state index contributed by atoms with van der Waals surface area (Å²) in [5, 5.41) is 3.55. The SMILES string of the molecule is CC(C)(C)C1CCN(CCNCC2CCCO2)CC1. The second-order valence-corrected chi connectivity index (χ2v) is 7.32. The van der Waals surface area contributed by atoms with Crippen molar-refractivity contribution in [3.05, 3.63) is 0 Å². The Labute approximate surface area is 119 Å². The quantitative estimate of drug-likeness (QED) is 0.775. The molecule has 1 atom stereocenters. The Morgan fingerprint density at radius 3 is 2.47 bits per heavy atom. The average Bonchev–Trinajstić information content (AvgIpc) is 2.87. The number of likely N-dealkylation sites (tertiary alicyclic amines) is 1. The average molecular weight is 268 g/mol. The van der Waals surface area contributed by atoms with E-state index in [2.05, 4.69) is 31.0 Å². The molecule has 2 aliphatic rings. The van der Waals surface area contributed by atoms with Crippen LogP contribution in [0.2, 0.25) is 0 Å². The van der Waals surface area contributed by atoms with Crippen molar-refractivity contribution in [1.82, 2.24) is 10.2 Å². The van der Waals surface area contributed by atoms with Crippen LogP contribution in [0.3, 0.4) is 0 Å². The van der Waals surface area contributed by atoms with Crippen molar-refractivity contribution in [3.63, 3.8) is 0 Å². The monoisotopic (exact) mass is 268 g/mol. The molecule has 0 bridgehead atoms. The third-order valence-corrected chi connectivity index (χ3v) is 4.81. The highest BCUT2D eigenvalue weighted by molar-refractivity contribution is 4.81. The topological polar surface area (TPSA) is 24.5 Å². The van der Waals surface area contributed by atoms with Gasteiger partial charge in [0, 0.05) is 26.2 Å². The second kappa shape index (κ2) is 7.05. The van der Waals surface area contributed by atoms with Gasteiger partial charge in [-0.05, 0) is 50.1 Å². The number of rotatable bonds is 5. The number of nitrogens with zero attached hydrogens (tertiary/aromatic N) is 1. The summed E-state index contributed by atoms with van der Waals surface area (Å²) in [4.78, 5) is 2.62. The Kier molecular flexibility index (Phi) is 5.67. The van der Waals surface area contributed by atoms with Gasteiger partial charge in [-0.3, -0.25) is 0 Å². The first-order valence-electron chi connectivity index (χ1n) is 8.10. The van der Waals surface area contributed by atoms with Crippen LogP contribution in [-0.4, -0.2) is 50.3 Å². The van der Waals surface area contributed by atoms with Crippen LogP contribution in [0.25, 0.3) is 0 Å². The molecule has 3 heteroatoms. The van der Waals surface area contributed by atoms with E-state index < -0.39 is 0 Å². The molecule has 112 valence electrons. The van der Waals surface area contributed by atoms with E-state index in [1.165, 1.54) is 45.3 Å². The first-order valence-corrected chi connectivity index (χ1v) is 8.10. The molecule has 2 saturated heterocycles. The maximum atomic E-state index is 5.62. The number of hydrogen-bond acceptors (Lipinski definition) is 3. The van der Waals surface area contributed by atoms with Gasteiger partial charge in [0.05, 0.1) is 6.10 Å². The van der Waals surface area contributed by atoms with E-state index in [1.807, 2.05) is 0 Å². The largest absolute Gasteiger partial charge is 0.377 e. The first kappa shape index (κ1) is 15.3. The van der Waals surface area contributed by atoms with Crippen molar-refractivity contribution in [2.45, 2.75) is 52.6 Å². The van der Waals surface area contributed by atoms with E-state index in [4.69, 9.17) is 4.74 Å². The number of nitrogens with one attached hydrogen (secondary N) is 1. The van der Waals surface area contributed by atoms with Gasteiger partial charge in [-0.15, -0.1) is 0 Å². The standard InChI is InChI=1S/C16H32N2O/c1-16(2,3)14-6-9-18(10-7-14)11-8-17-13-15-5-4-12-19-15/h14-15,17H,4-13H2,1-3H3. The summed E-state index contributed by atoms with van der Waals surface area (Å²) >= 11 is 0. The van der Waals surface area contributed by atoms with E-state index in [0.29, 0.717) is 11.5 Å². The highest BCUT2D eigenvalue weighted by Crippen LogP contribution is 2.33. The molecule has 0 aromatic rings.